The average Bonchev–Trinajstić information content (AvgIpc) is 2.51. The van der Waals surface area contributed by atoms with Crippen molar-refractivity contribution in [2.24, 2.45) is 0 Å². The number of nitriles is 1. The number of hydrogen-bond acceptors (Lipinski definition) is 3. The molecule has 1 atom stereocenters. The fourth-order valence-electron chi connectivity index (χ4n) is 2.63. The molecular formula is C18H18N2O. The molecule has 0 N–H and O–H groups in total. The van der Waals surface area contributed by atoms with Gasteiger partial charge in [0.05, 0.1) is 11.6 Å². The van der Waals surface area contributed by atoms with E-state index in [1.165, 1.54) is 5.56 Å². The molecule has 1 saturated heterocycles. The molecule has 3 nitrogen and oxygen atoms in total. The van der Waals surface area contributed by atoms with Crippen molar-refractivity contribution in [3.63, 3.8) is 0 Å². The highest BCUT2D eigenvalue weighted by molar-refractivity contribution is 5.36. The van der Waals surface area contributed by atoms with E-state index < -0.39 is 0 Å². The molecule has 2 aromatic carbocycles. The van der Waals surface area contributed by atoms with Gasteiger partial charge in [0.25, 0.3) is 0 Å². The Morgan fingerprint density at radius 2 is 1.90 bits per heavy atom. The average molecular weight is 278 g/mol. The monoisotopic (exact) mass is 278 g/mol. The fourth-order valence-corrected chi connectivity index (χ4v) is 2.63. The Balaban J connectivity index is 1.55. The lowest BCUT2D eigenvalue weighted by Crippen LogP contribution is -2.54. The first-order valence-corrected chi connectivity index (χ1v) is 7.22. The minimum absolute atomic E-state index is 0.213. The maximum Gasteiger partial charge on any atom is 0.124 e. The van der Waals surface area contributed by atoms with Crippen molar-refractivity contribution in [3.05, 3.63) is 65.7 Å². The first-order chi connectivity index (χ1) is 10.3. The lowest BCUT2D eigenvalue weighted by molar-refractivity contribution is -0.00523. The fraction of sp³-hybridized carbons (Fsp3) is 0.278. The highest BCUT2D eigenvalue weighted by atomic mass is 16.5. The molecule has 2 aromatic rings. The summed E-state index contributed by atoms with van der Waals surface area (Å²) in [6.45, 7) is 4.07. The predicted octanol–water partition coefficient (Wildman–Crippen LogP) is 3.38. The second-order valence-corrected chi connectivity index (χ2v) is 5.42. The number of benzene rings is 2. The van der Waals surface area contributed by atoms with Crippen molar-refractivity contribution >= 4 is 0 Å². The standard InChI is InChI=1S/C18H18N2O/c1-14(16-7-3-2-4-8-16)20-12-18(13-20)21-17-9-5-6-15(10-17)11-19/h2-10,14,18H,12-13H2,1H3. The maximum absolute atomic E-state index is 8.89. The molecule has 0 bridgehead atoms. The number of rotatable bonds is 4. The number of likely N-dealkylation sites (tertiary alicyclic amines) is 1. The van der Waals surface area contributed by atoms with Gasteiger partial charge >= 0.3 is 0 Å². The molecule has 3 heteroatoms. The van der Waals surface area contributed by atoms with Crippen molar-refractivity contribution in [1.29, 1.82) is 5.26 Å². The number of ether oxygens (including phenoxy) is 1. The van der Waals surface area contributed by atoms with Crippen molar-refractivity contribution in [2.75, 3.05) is 13.1 Å². The van der Waals surface area contributed by atoms with E-state index in [9.17, 15) is 0 Å². The van der Waals surface area contributed by atoms with E-state index in [1.807, 2.05) is 18.2 Å². The Hall–Kier alpha value is -2.31. The first-order valence-electron chi connectivity index (χ1n) is 7.22. The summed E-state index contributed by atoms with van der Waals surface area (Å²) in [5, 5.41) is 8.89. The van der Waals surface area contributed by atoms with E-state index in [2.05, 4.69) is 42.2 Å². The van der Waals surface area contributed by atoms with Crippen LogP contribution in [0.25, 0.3) is 0 Å². The predicted molar refractivity (Wildman–Crippen MR) is 82.0 cm³/mol. The second-order valence-electron chi connectivity index (χ2n) is 5.42. The van der Waals surface area contributed by atoms with Gasteiger partial charge in [0.1, 0.15) is 11.9 Å². The van der Waals surface area contributed by atoms with Crippen molar-refractivity contribution in [2.45, 2.75) is 19.1 Å². The summed E-state index contributed by atoms with van der Waals surface area (Å²) in [5.74, 6) is 0.783. The van der Waals surface area contributed by atoms with E-state index in [1.54, 1.807) is 12.1 Å². The zero-order valence-electron chi connectivity index (χ0n) is 12.1. The van der Waals surface area contributed by atoms with Gasteiger partial charge in [-0.25, -0.2) is 0 Å². The zero-order valence-corrected chi connectivity index (χ0v) is 12.1. The summed E-state index contributed by atoms with van der Waals surface area (Å²) in [6.07, 6.45) is 0.213. The summed E-state index contributed by atoms with van der Waals surface area (Å²) in [6, 6.07) is 20.4. The van der Waals surface area contributed by atoms with Crippen LogP contribution in [-0.2, 0) is 0 Å². The van der Waals surface area contributed by atoms with Gasteiger partial charge < -0.3 is 4.74 Å². The molecule has 1 heterocycles. The lowest BCUT2D eigenvalue weighted by atomic mass is 10.0. The molecule has 0 amide bonds. The Morgan fingerprint density at radius 1 is 1.14 bits per heavy atom. The molecule has 3 rings (SSSR count). The molecule has 1 aliphatic rings. The Labute approximate surface area is 125 Å². The number of hydrogen-bond donors (Lipinski definition) is 0. The van der Waals surface area contributed by atoms with Crippen LogP contribution in [0.5, 0.6) is 5.75 Å². The molecule has 21 heavy (non-hydrogen) atoms. The molecule has 1 fully saturated rings. The molecule has 1 unspecified atom stereocenters. The van der Waals surface area contributed by atoms with Crippen LogP contribution in [0.1, 0.15) is 24.1 Å². The third-order valence-corrected chi connectivity index (χ3v) is 3.97. The lowest BCUT2D eigenvalue weighted by Gasteiger charge is -2.43. The molecule has 0 spiro atoms. The van der Waals surface area contributed by atoms with Crippen LogP contribution < -0.4 is 4.74 Å². The number of nitrogens with zero attached hydrogens (tertiary/aromatic N) is 2. The summed E-state index contributed by atoms with van der Waals surface area (Å²) in [7, 11) is 0. The second kappa shape index (κ2) is 5.99. The van der Waals surface area contributed by atoms with E-state index in [0.29, 0.717) is 11.6 Å². The third-order valence-electron chi connectivity index (χ3n) is 3.97. The van der Waals surface area contributed by atoms with Gasteiger partial charge in [-0.3, -0.25) is 4.90 Å². The Morgan fingerprint density at radius 3 is 2.62 bits per heavy atom. The van der Waals surface area contributed by atoms with Crippen LogP contribution in [-0.4, -0.2) is 24.1 Å². The van der Waals surface area contributed by atoms with Crippen LogP contribution in [0.4, 0.5) is 0 Å². The van der Waals surface area contributed by atoms with Gasteiger partial charge in [0, 0.05) is 19.1 Å². The minimum Gasteiger partial charge on any atom is -0.488 e. The van der Waals surface area contributed by atoms with Crippen molar-refractivity contribution < 1.29 is 4.74 Å². The van der Waals surface area contributed by atoms with E-state index >= 15 is 0 Å². The molecule has 106 valence electrons. The minimum atomic E-state index is 0.213. The zero-order chi connectivity index (χ0) is 14.7. The molecule has 0 aliphatic carbocycles. The van der Waals surface area contributed by atoms with Gasteiger partial charge in [-0.2, -0.15) is 5.26 Å². The van der Waals surface area contributed by atoms with Crippen LogP contribution in [0.15, 0.2) is 54.6 Å². The van der Waals surface area contributed by atoms with Gasteiger partial charge in [-0.1, -0.05) is 36.4 Å². The normalized spacial score (nSPS) is 16.8. The van der Waals surface area contributed by atoms with Crippen LogP contribution >= 0.6 is 0 Å². The van der Waals surface area contributed by atoms with Crippen LogP contribution in [0.3, 0.4) is 0 Å². The quantitative estimate of drug-likeness (QED) is 0.860. The largest absolute Gasteiger partial charge is 0.488 e. The van der Waals surface area contributed by atoms with Gasteiger partial charge in [-0.05, 0) is 30.7 Å². The summed E-state index contributed by atoms with van der Waals surface area (Å²) >= 11 is 0. The van der Waals surface area contributed by atoms with E-state index in [0.717, 1.165) is 18.8 Å². The summed E-state index contributed by atoms with van der Waals surface area (Å²) < 4.78 is 5.92. The Bertz CT molecular complexity index is 642. The Kier molecular flexibility index (Phi) is 3.89. The summed E-state index contributed by atoms with van der Waals surface area (Å²) in [5.41, 5.74) is 1.98. The van der Waals surface area contributed by atoms with Crippen molar-refractivity contribution in [1.82, 2.24) is 4.90 Å². The first kappa shape index (κ1) is 13.7. The highest BCUT2D eigenvalue weighted by Gasteiger charge is 2.32. The molecular weight excluding hydrogens is 260 g/mol. The van der Waals surface area contributed by atoms with Gasteiger partial charge in [0.15, 0.2) is 0 Å². The smallest absolute Gasteiger partial charge is 0.124 e. The van der Waals surface area contributed by atoms with Crippen molar-refractivity contribution in [3.8, 4) is 11.8 Å². The molecule has 1 aliphatic heterocycles. The van der Waals surface area contributed by atoms with Crippen LogP contribution in [0.2, 0.25) is 0 Å². The summed E-state index contributed by atoms with van der Waals surface area (Å²) in [4.78, 5) is 2.40. The van der Waals surface area contributed by atoms with Gasteiger partial charge in [0.2, 0.25) is 0 Å². The molecule has 0 saturated carbocycles. The maximum atomic E-state index is 8.89. The van der Waals surface area contributed by atoms with Gasteiger partial charge in [-0.15, -0.1) is 0 Å². The highest BCUT2D eigenvalue weighted by Crippen LogP contribution is 2.27. The molecule has 0 aromatic heterocycles. The van der Waals surface area contributed by atoms with E-state index in [-0.39, 0.29) is 6.10 Å². The molecule has 0 radical (unpaired) electrons. The topological polar surface area (TPSA) is 36.3 Å². The van der Waals surface area contributed by atoms with E-state index in [4.69, 9.17) is 10.00 Å². The third kappa shape index (κ3) is 3.07. The SMILES string of the molecule is CC(c1ccccc1)N1CC(Oc2cccc(C#N)c2)C1. The van der Waals surface area contributed by atoms with Crippen LogP contribution in [0, 0.1) is 11.3 Å².